The van der Waals surface area contributed by atoms with Crippen molar-refractivity contribution in [3.05, 3.63) is 40.2 Å². The molecule has 0 aliphatic heterocycles. The summed E-state index contributed by atoms with van der Waals surface area (Å²) < 4.78 is 1.69. The molecule has 9 heteroatoms. The van der Waals surface area contributed by atoms with Crippen LogP contribution in [0.25, 0.3) is 0 Å². The molecule has 1 aliphatic rings. The van der Waals surface area contributed by atoms with Gasteiger partial charge in [0.2, 0.25) is 0 Å². The summed E-state index contributed by atoms with van der Waals surface area (Å²) in [7, 11) is 3.56. The molecule has 3 rings (SSSR count). The normalized spacial score (nSPS) is 19.7. The summed E-state index contributed by atoms with van der Waals surface area (Å²) in [6, 6.07) is 4.81. The first-order valence-corrected chi connectivity index (χ1v) is 9.77. The van der Waals surface area contributed by atoms with Crippen molar-refractivity contribution in [3.8, 4) is 0 Å². The summed E-state index contributed by atoms with van der Waals surface area (Å²) in [5.41, 5.74) is 0.239. The molecule has 8 nitrogen and oxygen atoms in total. The van der Waals surface area contributed by atoms with E-state index in [1.807, 2.05) is 0 Å². The minimum Gasteiger partial charge on any atom is -0.338 e. The van der Waals surface area contributed by atoms with Crippen molar-refractivity contribution < 1.29 is 9.72 Å². The molecule has 1 aromatic carbocycles. The van der Waals surface area contributed by atoms with E-state index in [4.69, 9.17) is 0 Å². The Bertz CT molecular complexity index is 853. The van der Waals surface area contributed by atoms with Crippen LogP contribution in [-0.4, -0.2) is 43.6 Å². The second kappa shape index (κ2) is 8.08. The van der Waals surface area contributed by atoms with Crippen LogP contribution in [0.3, 0.4) is 0 Å². The summed E-state index contributed by atoms with van der Waals surface area (Å²) >= 11 is 1.16. The Labute approximate surface area is 162 Å². The molecule has 0 spiro atoms. The highest BCUT2D eigenvalue weighted by molar-refractivity contribution is 7.99. The standard InChI is InChI=1S/C18H23N5O3S/c1-12-6-4-5-7-14(12)22(3)17(24)13-8-9-16(15(10-13)23(25)26)27-18-20-19-11-21(18)2/h8-12,14H,4-7H2,1-3H3. The van der Waals surface area contributed by atoms with Gasteiger partial charge in [-0.05, 0) is 42.7 Å². The lowest BCUT2D eigenvalue weighted by atomic mass is 9.85. The Hall–Kier alpha value is -2.42. The topological polar surface area (TPSA) is 94.2 Å². The van der Waals surface area contributed by atoms with E-state index in [0.717, 1.165) is 31.0 Å². The SMILES string of the molecule is CC1CCCCC1N(C)C(=O)c1ccc(Sc2nncn2C)c([N+](=O)[O-])c1. The first kappa shape index (κ1) is 19.3. The molecule has 1 amide bonds. The highest BCUT2D eigenvalue weighted by Crippen LogP contribution is 2.35. The molecule has 0 N–H and O–H groups in total. The predicted octanol–water partition coefficient (Wildman–Crippen LogP) is 3.53. The lowest BCUT2D eigenvalue weighted by molar-refractivity contribution is -0.387. The summed E-state index contributed by atoms with van der Waals surface area (Å²) in [6.45, 7) is 2.16. The summed E-state index contributed by atoms with van der Waals surface area (Å²) in [5.74, 6) is 0.264. The number of carbonyl (C=O) groups excluding carboxylic acids is 1. The van der Waals surface area contributed by atoms with Crippen LogP contribution in [-0.2, 0) is 7.05 Å². The molecule has 144 valence electrons. The molecular formula is C18H23N5O3S. The Morgan fingerprint density at radius 3 is 2.74 bits per heavy atom. The number of benzene rings is 1. The van der Waals surface area contributed by atoms with Gasteiger partial charge in [-0.3, -0.25) is 14.9 Å². The van der Waals surface area contributed by atoms with Crippen molar-refractivity contribution >= 4 is 23.4 Å². The molecule has 0 saturated heterocycles. The average Bonchev–Trinajstić information content (AvgIpc) is 3.06. The Morgan fingerprint density at radius 2 is 2.11 bits per heavy atom. The van der Waals surface area contributed by atoms with Gasteiger partial charge in [0.15, 0.2) is 5.16 Å². The molecule has 1 saturated carbocycles. The predicted molar refractivity (Wildman–Crippen MR) is 102 cm³/mol. The maximum Gasteiger partial charge on any atom is 0.284 e. The fourth-order valence-electron chi connectivity index (χ4n) is 3.57. The van der Waals surface area contributed by atoms with Crippen LogP contribution < -0.4 is 0 Å². The smallest absolute Gasteiger partial charge is 0.284 e. The Morgan fingerprint density at radius 1 is 1.37 bits per heavy atom. The molecule has 1 aromatic heterocycles. The van der Waals surface area contributed by atoms with Crippen molar-refractivity contribution in [3.63, 3.8) is 0 Å². The number of aromatic nitrogens is 3. The fraction of sp³-hybridized carbons (Fsp3) is 0.500. The van der Waals surface area contributed by atoms with Crippen LogP contribution >= 0.6 is 11.8 Å². The number of hydrogen-bond acceptors (Lipinski definition) is 6. The quantitative estimate of drug-likeness (QED) is 0.574. The van der Waals surface area contributed by atoms with Crippen LogP contribution in [0.2, 0.25) is 0 Å². The second-order valence-electron chi connectivity index (χ2n) is 7.01. The summed E-state index contributed by atoms with van der Waals surface area (Å²) in [5, 5.41) is 19.8. The summed E-state index contributed by atoms with van der Waals surface area (Å²) in [4.78, 5) is 26.2. The molecule has 27 heavy (non-hydrogen) atoms. The van der Waals surface area contributed by atoms with Crippen LogP contribution in [0.5, 0.6) is 0 Å². The van der Waals surface area contributed by atoms with Gasteiger partial charge in [-0.15, -0.1) is 10.2 Å². The van der Waals surface area contributed by atoms with Gasteiger partial charge >= 0.3 is 0 Å². The Kier molecular flexibility index (Phi) is 5.79. The van der Waals surface area contributed by atoms with Gasteiger partial charge in [0.1, 0.15) is 6.33 Å². The van der Waals surface area contributed by atoms with Crippen LogP contribution in [0, 0.1) is 16.0 Å². The number of aryl methyl sites for hydroxylation is 1. The van der Waals surface area contributed by atoms with E-state index in [2.05, 4.69) is 17.1 Å². The minimum absolute atomic E-state index is 0.0982. The number of nitro benzene ring substituents is 1. The van der Waals surface area contributed by atoms with E-state index < -0.39 is 4.92 Å². The van der Waals surface area contributed by atoms with Crippen LogP contribution in [0.4, 0.5) is 5.69 Å². The second-order valence-corrected chi connectivity index (χ2v) is 8.02. The maximum absolute atomic E-state index is 12.9. The maximum atomic E-state index is 12.9. The molecule has 1 heterocycles. The Balaban J connectivity index is 1.85. The van der Waals surface area contributed by atoms with Gasteiger partial charge < -0.3 is 9.47 Å². The van der Waals surface area contributed by atoms with Crippen molar-refractivity contribution in [1.29, 1.82) is 0 Å². The molecular weight excluding hydrogens is 366 g/mol. The van der Waals surface area contributed by atoms with E-state index in [1.54, 1.807) is 35.7 Å². The molecule has 0 radical (unpaired) electrons. The van der Waals surface area contributed by atoms with Gasteiger partial charge in [0.25, 0.3) is 11.6 Å². The zero-order valence-corrected chi connectivity index (χ0v) is 16.5. The van der Waals surface area contributed by atoms with Crippen molar-refractivity contribution in [2.24, 2.45) is 13.0 Å². The number of rotatable bonds is 5. The number of carbonyl (C=O) groups is 1. The molecule has 1 aliphatic carbocycles. The largest absolute Gasteiger partial charge is 0.338 e. The van der Waals surface area contributed by atoms with Gasteiger partial charge in [0.05, 0.1) is 9.82 Å². The van der Waals surface area contributed by atoms with E-state index in [9.17, 15) is 14.9 Å². The number of amides is 1. The van der Waals surface area contributed by atoms with E-state index in [-0.39, 0.29) is 17.6 Å². The van der Waals surface area contributed by atoms with Gasteiger partial charge in [0, 0.05) is 31.8 Å². The number of nitro groups is 1. The molecule has 2 aromatic rings. The van der Waals surface area contributed by atoms with Gasteiger partial charge in [-0.2, -0.15) is 0 Å². The van der Waals surface area contributed by atoms with E-state index in [1.165, 1.54) is 18.8 Å². The molecule has 1 fully saturated rings. The average molecular weight is 389 g/mol. The van der Waals surface area contributed by atoms with Gasteiger partial charge in [-0.25, -0.2) is 0 Å². The highest BCUT2D eigenvalue weighted by Gasteiger charge is 2.29. The summed E-state index contributed by atoms with van der Waals surface area (Å²) in [6.07, 6.45) is 5.92. The zero-order chi connectivity index (χ0) is 19.6. The van der Waals surface area contributed by atoms with Crippen molar-refractivity contribution in [2.45, 2.75) is 48.7 Å². The molecule has 2 atom stereocenters. The fourth-order valence-corrected chi connectivity index (χ4v) is 4.42. The van der Waals surface area contributed by atoms with E-state index in [0.29, 0.717) is 21.5 Å². The third kappa shape index (κ3) is 4.13. The third-order valence-corrected chi connectivity index (χ3v) is 6.28. The number of nitrogens with zero attached hydrogens (tertiary/aromatic N) is 5. The monoisotopic (exact) mass is 389 g/mol. The lowest BCUT2D eigenvalue weighted by Crippen LogP contribution is -2.42. The third-order valence-electron chi connectivity index (χ3n) is 5.16. The minimum atomic E-state index is -0.460. The van der Waals surface area contributed by atoms with Crippen molar-refractivity contribution in [2.75, 3.05) is 7.05 Å². The van der Waals surface area contributed by atoms with Crippen LogP contribution in [0.1, 0.15) is 43.0 Å². The number of hydrogen-bond donors (Lipinski definition) is 0. The highest BCUT2D eigenvalue weighted by atomic mass is 32.2. The first-order valence-electron chi connectivity index (χ1n) is 8.96. The first-order chi connectivity index (χ1) is 12.9. The zero-order valence-electron chi connectivity index (χ0n) is 15.7. The lowest BCUT2D eigenvalue weighted by Gasteiger charge is -2.36. The van der Waals surface area contributed by atoms with Crippen LogP contribution in [0.15, 0.2) is 34.6 Å². The van der Waals surface area contributed by atoms with E-state index >= 15 is 0 Å². The molecule has 0 bridgehead atoms. The van der Waals surface area contributed by atoms with Gasteiger partial charge in [-0.1, -0.05) is 19.8 Å². The van der Waals surface area contributed by atoms with Crippen molar-refractivity contribution in [1.82, 2.24) is 19.7 Å². The molecule has 2 unspecified atom stereocenters.